The van der Waals surface area contributed by atoms with Gasteiger partial charge in [0.2, 0.25) is 11.7 Å². The number of halogens is 1. The van der Waals surface area contributed by atoms with Crippen molar-refractivity contribution in [3.05, 3.63) is 65.5 Å². The summed E-state index contributed by atoms with van der Waals surface area (Å²) >= 11 is 5.79. The molecule has 0 aliphatic rings. The summed E-state index contributed by atoms with van der Waals surface area (Å²) < 4.78 is 32.8. The maximum Gasteiger partial charge on any atom is 0.301 e. The van der Waals surface area contributed by atoms with Crippen LogP contribution in [-0.2, 0) is 16.7 Å². The average Bonchev–Trinajstić information content (AvgIpc) is 3.34. The fourth-order valence-corrected chi connectivity index (χ4v) is 4.08. The lowest BCUT2D eigenvalue weighted by atomic mass is 10.2. The van der Waals surface area contributed by atoms with Gasteiger partial charge in [0.25, 0.3) is 0 Å². The van der Waals surface area contributed by atoms with Crippen molar-refractivity contribution in [2.45, 2.75) is 5.75 Å². The second-order valence-electron chi connectivity index (χ2n) is 7.00. The average molecular weight is 530 g/mol. The maximum absolute atomic E-state index is 13.2. The number of hydrogen-bond donors (Lipinski definition) is 1. The minimum absolute atomic E-state index is 0.140. The molecule has 0 saturated carbocycles. The molecule has 1 atom stereocenters. The number of pyridine rings is 1. The van der Waals surface area contributed by atoms with E-state index in [0.717, 1.165) is 0 Å². The summed E-state index contributed by atoms with van der Waals surface area (Å²) in [5.74, 6) is 0.454. The minimum atomic E-state index is -1.87. The topological polar surface area (TPSA) is 143 Å². The number of nitrogens with one attached hydrogen (secondary N) is 1. The number of para-hydroxylation sites is 1. The molecule has 1 aromatic carbocycles. The summed E-state index contributed by atoms with van der Waals surface area (Å²) in [7, 11) is 2.57. The van der Waals surface area contributed by atoms with Crippen molar-refractivity contribution in [1.29, 1.82) is 0 Å². The molecule has 0 aliphatic heterocycles. The molecular weight excluding hydrogens is 510 g/mol. The summed E-state index contributed by atoms with van der Waals surface area (Å²) in [6.07, 6.45) is 2.75. The van der Waals surface area contributed by atoms with Gasteiger partial charge < -0.3 is 14.2 Å². The third kappa shape index (κ3) is 5.26. The molecule has 0 bridgehead atoms. The molecular formula is C22H20ClN7O5S. The van der Waals surface area contributed by atoms with Crippen LogP contribution < -0.4 is 18.9 Å². The lowest BCUT2D eigenvalue weighted by Crippen LogP contribution is -2.29. The van der Waals surface area contributed by atoms with E-state index >= 15 is 0 Å². The fourth-order valence-electron chi connectivity index (χ4n) is 3.23. The van der Waals surface area contributed by atoms with Gasteiger partial charge >= 0.3 is 5.91 Å². The van der Waals surface area contributed by atoms with Crippen molar-refractivity contribution in [3.8, 4) is 34.6 Å². The first kappa shape index (κ1) is 25.0. The normalized spacial score (nSPS) is 11.6. The third-order valence-electron chi connectivity index (χ3n) is 4.79. The monoisotopic (exact) mass is 529 g/mol. The molecule has 0 saturated heterocycles. The van der Waals surface area contributed by atoms with Crippen LogP contribution in [0.3, 0.4) is 0 Å². The van der Waals surface area contributed by atoms with Crippen LogP contribution in [0.2, 0.25) is 5.02 Å². The molecule has 186 valence electrons. The van der Waals surface area contributed by atoms with Crippen molar-refractivity contribution in [3.63, 3.8) is 0 Å². The summed E-state index contributed by atoms with van der Waals surface area (Å²) in [6, 6.07) is 10.2. The summed E-state index contributed by atoms with van der Waals surface area (Å²) in [5.41, 5.74) is 0.716. The Kier molecular flexibility index (Phi) is 7.71. The number of methoxy groups -OCH3 is 3. The van der Waals surface area contributed by atoms with Crippen LogP contribution in [0.5, 0.6) is 17.4 Å². The maximum atomic E-state index is 13.2. The third-order valence-corrected chi connectivity index (χ3v) is 5.92. The second kappa shape index (κ2) is 11.1. The van der Waals surface area contributed by atoms with Gasteiger partial charge in [0.1, 0.15) is 45.4 Å². The van der Waals surface area contributed by atoms with Gasteiger partial charge in [0.15, 0.2) is 5.82 Å². The number of carbonyl (C=O) groups excluding carboxylic acids is 1. The lowest BCUT2D eigenvalue weighted by molar-refractivity contribution is 0.0970. The number of carbonyl (C=O) groups is 1. The molecule has 3 aromatic heterocycles. The zero-order chi connectivity index (χ0) is 25.7. The number of aromatic nitrogens is 6. The first-order valence-electron chi connectivity index (χ1n) is 10.3. The molecule has 36 heavy (non-hydrogen) atoms. The van der Waals surface area contributed by atoms with E-state index in [-0.39, 0.29) is 23.2 Å². The van der Waals surface area contributed by atoms with Crippen molar-refractivity contribution in [2.24, 2.45) is 0 Å². The van der Waals surface area contributed by atoms with Crippen molar-refractivity contribution >= 4 is 28.5 Å². The number of ether oxygens (including phenoxy) is 3. The summed E-state index contributed by atoms with van der Waals surface area (Å²) in [6.45, 7) is 0. The number of nitrogens with zero attached hydrogens (tertiary/aromatic N) is 6. The van der Waals surface area contributed by atoms with Crippen LogP contribution in [0.4, 0.5) is 0 Å². The number of hydrogen-bond acceptors (Lipinski definition) is 10. The van der Waals surface area contributed by atoms with E-state index in [1.54, 1.807) is 36.4 Å². The molecule has 0 spiro atoms. The standard InChI is InChI=1S/C22H20ClN7O5S/c1-33-15-7-5-8-16(34-2)19(15)30-20(14-6-4-9-18(26-14)35-3)27-28-21(30)22(31)29-36(32)12-17-24-10-13(23)11-25-17/h4-11H,12H2,1-3H3,(H,29,31). The molecule has 1 N–H and O–H groups in total. The van der Waals surface area contributed by atoms with Gasteiger partial charge in [-0.15, -0.1) is 10.2 Å². The summed E-state index contributed by atoms with van der Waals surface area (Å²) in [4.78, 5) is 25.6. The van der Waals surface area contributed by atoms with Gasteiger partial charge in [-0.1, -0.05) is 23.7 Å². The number of amides is 1. The molecule has 1 unspecified atom stereocenters. The van der Waals surface area contributed by atoms with Crippen LogP contribution in [0, 0.1) is 0 Å². The molecule has 12 nitrogen and oxygen atoms in total. The number of benzene rings is 1. The van der Waals surface area contributed by atoms with E-state index in [1.165, 1.54) is 38.3 Å². The molecule has 3 heterocycles. The highest BCUT2D eigenvalue weighted by atomic mass is 35.5. The highest BCUT2D eigenvalue weighted by Crippen LogP contribution is 2.36. The van der Waals surface area contributed by atoms with Gasteiger partial charge in [-0.05, 0) is 18.2 Å². The predicted octanol–water partition coefficient (Wildman–Crippen LogP) is 2.39. The van der Waals surface area contributed by atoms with Crippen LogP contribution in [0.15, 0.2) is 48.8 Å². The van der Waals surface area contributed by atoms with E-state index in [1.807, 2.05) is 0 Å². The van der Waals surface area contributed by atoms with Gasteiger partial charge in [-0.25, -0.2) is 19.2 Å². The molecule has 14 heteroatoms. The smallest absolute Gasteiger partial charge is 0.301 e. The van der Waals surface area contributed by atoms with Crippen LogP contribution in [-0.4, -0.2) is 61.2 Å². The van der Waals surface area contributed by atoms with Crippen molar-refractivity contribution < 1.29 is 23.2 Å². The predicted molar refractivity (Wildman–Crippen MR) is 131 cm³/mol. The van der Waals surface area contributed by atoms with E-state index in [0.29, 0.717) is 33.8 Å². The van der Waals surface area contributed by atoms with Crippen LogP contribution in [0.25, 0.3) is 17.2 Å². The molecule has 4 rings (SSSR count). The van der Waals surface area contributed by atoms with Crippen LogP contribution in [0.1, 0.15) is 16.4 Å². The van der Waals surface area contributed by atoms with Crippen LogP contribution >= 0.6 is 11.6 Å². The quantitative estimate of drug-likeness (QED) is 0.343. The van der Waals surface area contributed by atoms with Crippen molar-refractivity contribution in [1.82, 2.24) is 34.4 Å². The molecule has 0 aliphatic carbocycles. The molecule has 0 fully saturated rings. The molecule has 4 aromatic rings. The first-order chi connectivity index (χ1) is 17.4. The Labute approximate surface area is 213 Å². The highest BCUT2D eigenvalue weighted by molar-refractivity contribution is 7.82. The lowest BCUT2D eigenvalue weighted by Gasteiger charge is -2.17. The Balaban J connectivity index is 1.78. The summed E-state index contributed by atoms with van der Waals surface area (Å²) in [5, 5.41) is 8.61. The van der Waals surface area contributed by atoms with E-state index in [4.69, 9.17) is 25.8 Å². The van der Waals surface area contributed by atoms with E-state index in [9.17, 15) is 9.00 Å². The zero-order valence-electron chi connectivity index (χ0n) is 19.3. The Hall–Kier alpha value is -4.10. The number of rotatable bonds is 9. The Morgan fingerprint density at radius 1 is 1.00 bits per heavy atom. The minimum Gasteiger partial charge on any atom is -0.494 e. The zero-order valence-corrected chi connectivity index (χ0v) is 20.9. The first-order valence-corrected chi connectivity index (χ1v) is 12.0. The Morgan fingerprint density at radius 3 is 2.31 bits per heavy atom. The Morgan fingerprint density at radius 2 is 1.67 bits per heavy atom. The van der Waals surface area contributed by atoms with Gasteiger partial charge in [-0.2, -0.15) is 0 Å². The van der Waals surface area contributed by atoms with Crippen molar-refractivity contribution in [2.75, 3.05) is 21.3 Å². The molecule has 1 amide bonds. The Bertz CT molecular complexity index is 1390. The van der Waals surface area contributed by atoms with Gasteiger partial charge in [0.05, 0.1) is 26.4 Å². The van der Waals surface area contributed by atoms with Gasteiger partial charge in [-0.3, -0.25) is 14.1 Å². The van der Waals surface area contributed by atoms with E-state index < -0.39 is 16.9 Å². The SMILES string of the molecule is COc1cccc(-c2nnc(C(=O)NS(=O)Cc3ncc(Cl)cn3)n2-c2c(OC)cccc2OC)n1. The molecule has 0 radical (unpaired) electrons. The highest BCUT2D eigenvalue weighted by Gasteiger charge is 2.27. The fraction of sp³-hybridized carbons (Fsp3) is 0.182. The second-order valence-corrected chi connectivity index (χ2v) is 8.62. The largest absolute Gasteiger partial charge is 0.494 e. The van der Waals surface area contributed by atoms with Gasteiger partial charge in [0, 0.05) is 18.5 Å². The van der Waals surface area contributed by atoms with E-state index in [2.05, 4.69) is 29.9 Å².